The van der Waals surface area contributed by atoms with Gasteiger partial charge in [0.25, 0.3) is 5.91 Å². The molecule has 4 aromatic rings. The van der Waals surface area contributed by atoms with Gasteiger partial charge in [-0.2, -0.15) is 5.10 Å². The number of nitrogens with zero attached hydrogens (tertiary/aromatic N) is 3. The minimum Gasteiger partial charge on any atom is -0.341 e. The van der Waals surface area contributed by atoms with Gasteiger partial charge in [0.15, 0.2) is 5.82 Å². The number of aryl methyl sites for hydroxylation is 1. The van der Waals surface area contributed by atoms with Crippen LogP contribution in [0.25, 0.3) is 17.1 Å². The van der Waals surface area contributed by atoms with Gasteiger partial charge in [-0.3, -0.25) is 19.2 Å². The Bertz CT molecular complexity index is 1370. The number of aromatic nitrogens is 3. The molecule has 0 spiro atoms. The number of hydrogen-bond acceptors (Lipinski definition) is 6. The minimum absolute atomic E-state index is 0.122. The van der Waals surface area contributed by atoms with Crippen LogP contribution in [-0.2, 0) is 20.8 Å². The van der Waals surface area contributed by atoms with Crippen molar-refractivity contribution in [2.24, 2.45) is 0 Å². The molecule has 2 aromatic carbocycles. The Morgan fingerprint density at radius 2 is 1.67 bits per heavy atom. The van der Waals surface area contributed by atoms with Crippen LogP contribution in [0.5, 0.6) is 0 Å². The quantitative estimate of drug-likeness (QED) is 0.279. The van der Waals surface area contributed by atoms with E-state index in [1.807, 2.05) is 73.1 Å². The molecule has 1 unspecified atom stereocenters. The van der Waals surface area contributed by atoms with Crippen LogP contribution < -0.4 is 10.8 Å². The molecule has 9 nitrogen and oxygen atoms in total. The van der Waals surface area contributed by atoms with Crippen LogP contribution in [0.2, 0.25) is 0 Å². The maximum atomic E-state index is 13.4. The average molecular weight is 484 g/mol. The van der Waals surface area contributed by atoms with Crippen molar-refractivity contribution in [2.75, 3.05) is 7.11 Å². The van der Waals surface area contributed by atoms with E-state index in [2.05, 4.69) is 20.2 Å². The molecular weight excluding hydrogens is 458 g/mol. The van der Waals surface area contributed by atoms with E-state index in [0.717, 1.165) is 22.4 Å². The van der Waals surface area contributed by atoms with Gasteiger partial charge in [0.1, 0.15) is 6.04 Å². The number of ketones is 1. The van der Waals surface area contributed by atoms with Crippen molar-refractivity contribution < 1.29 is 19.2 Å². The van der Waals surface area contributed by atoms with Crippen LogP contribution in [-0.4, -0.2) is 45.5 Å². The maximum absolute atomic E-state index is 13.4. The Kier molecular flexibility index (Phi) is 7.62. The summed E-state index contributed by atoms with van der Waals surface area (Å²) in [4.78, 5) is 47.4. The summed E-state index contributed by atoms with van der Waals surface area (Å²) in [6, 6.07) is 20.9. The number of amides is 2. The summed E-state index contributed by atoms with van der Waals surface area (Å²) in [6.07, 6.45) is 3.47. The maximum Gasteiger partial charge on any atom is 0.313 e. The van der Waals surface area contributed by atoms with Gasteiger partial charge < -0.3 is 5.32 Å². The van der Waals surface area contributed by atoms with E-state index in [1.54, 1.807) is 24.5 Å². The van der Waals surface area contributed by atoms with Crippen molar-refractivity contribution in [3.8, 4) is 17.1 Å². The first-order chi connectivity index (χ1) is 17.5. The van der Waals surface area contributed by atoms with Crippen LogP contribution in [0.1, 0.15) is 21.5 Å². The van der Waals surface area contributed by atoms with Crippen molar-refractivity contribution >= 4 is 17.6 Å². The van der Waals surface area contributed by atoms with Crippen molar-refractivity contribution in [2.45, 2.75) is 19.4 Å². The molecule has 4 rings (SSSR count). The standard InChI is InChI=1S/C27H25N5O4/c1-18-17-32(30-23(18)20-12-7-4-8-13-20)25-21(14-9-15-28-25)26(34)29-22(24(33)27(35)31-36-2)16-19-10-5-3-6-11-19/h3-15,17,22H,16H2,1-2H3,(H,29,34)(H,31,35). The van der Waals surface area contributed by atoms with Gasteiger partial charge in [0.05, 0.1) is 18.4 Å². The lowest BCUT2D eigenvalue weighted by molar-refractivity contribution is -0.145. The molecule has 0 saturated carbocycles. The highest BCUT2D eigenvalue weighted by molar-refractivity contribution is 6.38. The zero-order valence-electron chi connectivity index (χ0n) is 19.8. The Balaban J connectivity index is 1.64. The Hall–Kier alpha value is -4.63. The van der Waals surface area contributed by atoms with E-state index >= 15 is 0 Å². The Labute approximate surface area is 208 Å². The summed E-state index contributed by atoms with van der Waals surface area (Å²) in [5.74, 6) is -2.05. The second-order valence-electron chi connectivity index (χ2n) is 8.06. The van der Waals surface area contributed by atoms with E-state index in [9.17, 15) is 14.4 Å². The molecule has 0 radical (unpaired) electrons. The van der Waals surface area contributed by atoms with Crippen LogP contribution in [0.3, 0.4) is 0 Å². The third-order valence-corrected chi connectivity index (χ3v) is 5.52. The molecule has 9 heteroatoms. The molecule has 0 fully saturated rings. The highest BCUT2D eigenvalue weighted by Gasteiger charge is 2.29. The molecule has 1 atom stereocenters. The monoisotopic (exact) mass is 483 g/mol. The van der Waals surface area contributed by atoms with E-state index in [4.69, 9.17) is 0 Å². The normalized spacial score (nSPS) is 11.5. The predicted octanol–water partition coefficient (Wildman–Crippen LogP) is 2.83. The van der Waals surface area contributed by atoms with Gasteiger partial charge in [0, 0.05) is 24.4 Å². The minimum atomic E-state index is -1.12. The molecule has 0 aliphatic rings. The highest BCUT2D eigenvalue weighted by Crippen LogP contribution is 2.23. The molecule has 2 N–H and O–H groups in total. The first kappa shape index (κ1) is 24.5. The van der Waals surface area contributed by atoms with Crippen LogP contribution in [0.15, 0.2) is 85.2 Å². The largest absolute Gasteiger partial charge is 0.341 e. The number of benzene rings is 2. The average Bonchev–Trinajstić information content (AvgIpc) is 3.30. The molecule has 0 aliphatic carbocycles. The number of nitrogens with one attached hydrogen (secondary N) is 2. The van der Waals surface area contributed by atoms with Crippen molar-refractivity contribution in [1.82, 2.24) is 25.6 Å². The zero-order chi connectivity index (χ0) is 25.5. The summed E-state index contributed by atoms with van der Waals surface area (Å²) >= 11 is 0. The summed E-state index contributed by atoms with van der Waals surface area (Å²) in [6.45, 7) is 1.93. The summed E-state index contributed by atoms with van der Waals surface area (Å²) < 4.78 is 1.54. The van der Waals surface area contributed by atoms with Crippen LogP contribution >= 0.6 is 0 Å². The molecule has 36 heavy (non-hydrogen) atoms. The van der Waals surface area contributed by atoms with Gasteiger partial charge in [-0.1, -0.05) is 60.7 Å². The van der Waals surface area contributed by atoms with E-state index in [1.165, 1.54) is 11.8 Å². The number of carbonyl (C=O) groups is 3. The second-order valence-corrected chi connectivity index (χ2v) is 8.06. The van der Waals surface area contributed by atoms with E-state index in [-0.39, 0.29) is 12.0 Å². The fourth-order valence-corrected chi connectivity index (χ4v) is 3.80. The third kappa shape index (κ3) is 5.53. The first-order valence-electron chi connectivity index (χ1n) is 11.3. The lowest BCUT2D eigenvalue weighted by Gasteiger charge is -2.18. The molecule has 182 valence electrons. The van der Waals surface area contributed by atoms with Gasteiger partial charge in [0.2, 0.25) is 5.78 Å². The third-order valence-electron chi connectivity index (χ3n) is 5.52. The molecule has 0 bridgehead atoms. The molecular formula is C27H25N5O4. The lowest BCUT2D eigenvalue weighted by atomic mass is 10.0. The van der Waals surface area contributed by atoms with E-state index < -0.39 is 23.6 Å². The zero-order valence-corrected chi connectivity index (χ0v) is 19.8. The topological polar surface area (TPSA) is 115 Å². The predicted molar refractivity (Wildman–Crippen MR) is 133 cm³/mol. The Morgan fingerprint density at radius 3 is 2.36 bits per heavy atom. The number of pyridine rings is 1. The SMILES string of the molecule is CONC(=O)C(=O)C(Cc1ccccc1)NC(=O)c1cccnc1-n1cc(C)c(-c2ccccc2)n1. The van der Waals surface area contributed by atoms with Gasteiger partial charge in [-0.25, -0.2) is 15.1 Å². The summed E-state index contributed by atoms with van der Waals surface area (Å²) in [5, 5.41) is 7.35. The number of hydroxylamine groups is 1. The summed E-state index contributed by atoms with van der Waals surface area (Å²) in [7, 11) is 1.23. The molecule has 2 amide bonds. The fourth-order valence-electron chi connectivity index (χ4n) is 3.80. The summed E-state index contributed by atoms with van der Waals surface area (Å²) in [5.41, 5.74) is 5.62. The number of Topliss-reactive ketones (excluding diaryl/α,β-unsaturated/α-hetero) is 1. The van der Waals surface area contributed by atoms with Crippen molar-refractivity contribution in [1.29, 1.82) is 0 Å². The first-order valence-corrected chi connectivity index (χ1v) is 11.3. The number of rotatable bonds is 9. The number of hydrogen-bond donors (Lipinski definition) is 2. The van der Waals surface area contributed by atoms with Gasteiger partial charge >= 0.3 is 5.91 Å². The Morgan fingerprint density at radius 1 is 0.972 bits per heavy atom. The fraction of sp³-hybridized carbons (Fsp3) is 0.148. The second kappa shape index (κ2) is 11.2. The van der Waals surface area contributed by atoms with Crippen molar-refractivity contribution in [3.63, 3.8) is 0 Å². The molecule has 2 aromatic heterocycles. The van der Waals surface area contributed by atoms with Crippen LogP contribution in [0.4, 0.5) is 0 Å². The molecule has 2 heterocycles. The highest BCUT2D eigenvalue weighted by atomic mass is 16.6. The number of carbonyl (C=O) groups excluding carboxylic acids is 3. The van der Waals surface area contributed by atoms with Gasteiger partial charge in [-0.05, 0) is 30.2 Å². The molecule has 0 saturated heterocycles. The van der Waals surface area contributed by atoms with Gasteiger partial charge in [-0.15, -0.1) is 0 Å². The lowest BCUT2D eigenvalue weighted by Crippen LogP contribution is -2.48. The smallest absolute Gasteiger partial charge is 0.313 e. The molecule has 0 aliphatic heterocycles. The van der Waals surface area contributed by atoms with E-state index in [0.29, 0.717) is 5.82 Å². The van der Waals surface area contributed by atoms with Crippen molar-refractivity contribution in [3.05, 3.63) is 102 Å². The van der Waals surface area contributed by atoms with Crippen LogP contribution in [0, 0.1) is 6.92 Å².